The molecule has 1 aliphatic carbocycles. The molecule has 2 nitrogen and oxygen atoms in total. The summed E-state index contributed by atoms with van der Waals surface area (Å²) in [5, 5.41) is 0. The molecule has 0 amide bonds. The van der Waals surface area contributed by atoms with Gasteiger partial charge in [0.25, 0.3) is 0 Å². The number of allylic oxidation sites excluding steroid dienone is 2. The molecule has 2 heteroatoms. The van der Waals surface area contributed by atoms with Crippen LogP contribution in [-0.2, 0) is 15.1 Å². The highest BCUT2D eigenvalue weighted by Gasteiger charge is 2.40. The molecule has 2 atom stereocenters. The van der Waals surface area contributed by atoms with Gasteiger partial charge in [-0.1, -0.05) is 55.6 Å². The van der Waals surface area contributed by atoms with Crippen LogP contribution in [0.3, 0.4) is 0 Å². The summed E-state index contributed by atoms with van der Waals surface area (Å²) in [5.74, 6) is 0. The van der Waals surface area contributed by atoms with Crippen molar-refractivity contribution in [2.24, 2.45) is 0 Å². The lowest BCUT2D eigenvalue weighted by molar-refractivity contribution is -0.0368. The lowest BCUT2D eigenvalue weighted by Crippen LogP contribution is -2.40. The molecule has 0 spiro atoms. The summed E-state index contributed by atoms with van der Waals surface area (Å²) >= 11 is 0. The Labute approximate surface area is 108 Å². The Hall–Kier alpha value is -2.22. The maximum absolute atomic E-state index is 5.77. The maximum Gasteiger partial charge on any atom is 0.192 e. The standard InChI is InChI=1S/C16H16O2/c1-3-17-15-12-8-9-13-16(15,18-4-2)14-10-6-5-7-11-14/h3-13,15H,1-2H2. The van der Waals surface area contributed by atoms with E-state index in [2.05, 4.69) is 13.2 Å². The Kier molecular flexibility index (Phi) is 3.68. The summed E-state index contributed by atoms with van der Waals surface area (Å²) in [6.07, 6.45) is 10.4. The van der Waals surface area contributed by atoms with Crippen molar-refractivity contribution >= 4 is 0 Å². The Bertz CT molecular complexity index is 473. The molecule has 2 rings (SSSR count). The van der Waals surface area contributed by atoms with Gasteiger partial charge in [0.2, 0.25) is 0 Å². The third-order valence-electron chi connectivity index (χ3n) is 2.91. The first-order chi connectivity index (χ1) is 8.83. The second kappa shape index (κ2) is 5.41. The fraction of sp³-hybridized carbons (Fsp3) is 0.125. The molecule has 18 heavy (non-hydrogen) atoms. The SMILES string of the molecule is C=COC1C=CC=CC1(OC=C)c1ccccc1. The van der Waals surface area contributed by atoms with Crippen molar-refractivity contribution in [1.82, 2.24) is 0 Å². The molecule has 0 N–H and O–H groups in total. The van der Waals surface area contributed by atoms with E-state index in [1.165, 1.54) is 12.5 Å². The number of rotatable bonds is 5. The highest BCUT2D eigenvalue weighted by atomic mass is 16.5. The maximum atomic E-state index is 5.77. The first-order valence-corrected chi connectivity index (χ1v) is 5.80. The highest BCUT2D eigenvalue weighted by molar-refractivity contribution is 5.36. The lowest BCUT2D eigenvalue weighted by atomic mass is 9.84. The molecular weight excluding hydrogens is 224 g/mol. The van der Waals surface area contributed by atoms with E-state index in [4.69, 9.17) is 9.47 Å². The van der Waals surface area contributed by atoms with Gasteiger partial charge in [0.05, 0.1) is 12.5 Å². The molecule has 1 aromatic rings. The predicted molar refractivity (Wildman–Crippen MR) is 72.8 cm³/mol. The Morgan fingerprint density at radius 3 is 2.50 bits per heavy atom. The highest BCUT2D eigenvalue weighted by Crippen LogP contribution is 2.36. The predicted octanol–water partition coefficient (Wildman–Crippen LogP) is 3.70. The molecule has 1 aliphatic rings. The van der Waals surface area contributed by atoms with Crippen LogP contribution in [0, 0.1) is 0 Å². The number of ether oxygens (including phenoxy) is 2. The van der Waals surface area contributed by atoms with Crippen molar-refractivity contribution in [3.63, 3.8) is 0 Å². The molecule has 0 saturated heterocycles. The van der Waals surface area contributed by atoms with E-state index < -0.39 is 5.60 Å². The van der Waals surface area contributed by atoms with Crippen LogP contribution in [0.15, 0.2) is 80.3 Å². The average molecular weight is 240 g/mol. The van der Waals surface area contributed by atoms with Crippen molar-refractivity contribution in [2.75, 3.05) is 0 Å². The van der Waals surface area contributed by atoms with Crippen LogP contribution in [0.1, 0.15) is 5.56 Å². The van der Waals surface area contributed by atoms with Gasteiger partial charge in [0, 0.05) is 5.56 Å². The smallest absolute Gasteiger partial charge is 0.192 e. The largest absolute Gasteiger partial charge is 0.490 e. The second-order valence-electron chi connectivity index (χ2n) is 3.91. The minimum absolute atomic E-state index is 0.264. The van der Waals surface area contributed by atoms with Gasteiger partial charge in [-0.3, -0.25) is 0 Å². The van der Waals surface area contributed by atoms with Crippen LogP contribution in [0.5, 0.6) is 0 Å². The minimum Gasteiger partial charge on any atom is -0.490 e. The summed E-state index contributed by atoms with van der Waals surface area (Å²) in [7, 11) is 0. The third kappa shape index (κ3) is 2.09. The van der Waals surface area contributed by atoms with Gasteiger partial charge in [-0.2, -0.15) is 0 Å². The quantitative estimate of drug-likeness (QED) is 0.731. The molecule has 2 unspecified atom stereocenters. The van der Waals surface area contributed by atoms with Gasteiger partial charge in [0.1, 0.15) is 0 Å². The van der Waals surface area contributed by atoms with Crippen molar-refractivity contribution in [2.45, 2.75) is 11.7 Å². The number of hydrogen-bond acceptors (Lipinski definition) is 2. The van der Waals surface area contributed by atoms with Gasteiger partial charge >= 0.3 is 0 Å². The van der Waals surface area contributed by atoms with Crippen LogP contribution in [-0.4, -0.2) is 6.10 Å². The van der Waals surface area contributed by atoms with E-state index >= 15 is 0 Å². The van der Waals surface area contributed by atoms with Crippen molar-refractivity contribution in [3.05, 3.63) is 85.9 Å². The van der Waals surface area contributed by atoms with Gasteiger partial charge in [0.15, 0.2) is 11.7 Å². The third-order valence-corrected chi connectivity index (χ3v) is 2.91. The van der Waals surface area contributed by atoms with E-state index in [1.54, 1.807) is 0 Å². The Morgan fingerprint density at radius 2 is 1.83 bits per heavy atom. The molecule has 0 fully saturated rings. The van der Waals surface area contributed by atoms with Crippen LogP contribution in [0.2, 0.25) is 0 Å². The zero-order valence-electron chi connectivity index (χ0n) is 10.2. The summed E-state index contributed by atoms with van der Waals surface area (Å²) in [6, 6.07) is 9.93. The molecule has 0 heterocycles. The topological polar surface area (TPSA) is 18.5 Å². The van der Waals surface area contributed by atoms with Crippen molar-refractivity contribution < 1.29 is 9.47 Å². The van der Waals surface area contributed by atoms with E-state index in [-0.39, 0.29) is 6.10 Å². The van der Waals surface area contributed by atoms with Crippen LogP contribution >= 0.6 is 0 Å². The summed E-state index contributed by atoms with van der Waals surface area (Å²) in [6.45, 7) is 7.27. The number of benzene rings is 1. The first-order valence-electron chi connectivity index (χ1n) is 5.80. The van der Waals surface area contributed by atoms with E-state index in [0.29, 0.717) is 0 Å². The van der Waals surface area contributed by atoms with Crippen LogP contribution in [0.4, 0.5) is 0 Å². The average Bonchev–Trinajstić information content (AvgIpc) is 2.43. The normalized spacial score (nSPS) is 25.4. The fourth-order valence-electron chi connectivity index (χ4n) is 2.12. The van der Waals surface area contributed by atoms with Crippen LogP contribution in [0.25, 0.3) is 0 Å². The molecule has 0 radical (unpaired) electrons. The summed E-state index contributed by atoms with van der Waals surface area (Å²) in [5.41, 5.74) is 0.323. The van der Waals surface area contributed by atoms with Gasteiger partial charge in [-0.15, -0.1) is 0 Å². The van der Waals surface area contributed by atoms with Gasteiger partial charge in [-0.05, 0) is 12.2 Å². The number of hydrogen-bond donors (Lipinski definition) is 0. The van der Waals surface area contributed by atoms with Crippen molar-refractivity contribution in [3.8, 4) is 0 Å². The second-order valence-corrected chi connectivity index (χ2v) is 3.91. The molecule has 0 bridgehead atoms. The fourth-order valence-corrected chi connectivity index (χ4v) is 2.12. The van der Waals surface area contributed by atoms with Crippen molar-refractivity contribution in [1.29, 1.82) is 0 Å². The lowest BCUT2D eigenvalue weighted by Gasteiger charge is -2.37. The molecule has 0 aliphatic heterocycles. The Balaban J connectivity index is 2.48. The van der Waals surface area contributed by atoms with Gasteiger partial charge in [-0.25, -0.2) is 0 Å². The van der Waals surface area contributed by atoms with E-state index in [0.717, 1.165) is 5.56 Å². The summed E-state index contributed by atoms with van der Waals surface area (Å²) < 4.78 is 11.3. The molecule has 1 aromatic carbocycles. The molecule has 92 valence electrons. The monoisotopic (exact) mass is 240 g/mol. The first kappa shape index (κ1) is 12.2. The minimum atomic E-state index is -0.689. The molecule has 0 saturated carbocycles. The zero-order chi connectivity index (χ0) is 12.8. The summed E-state index contributed by atoms with van der Waals surface area (Å²) in [4.78, 5) is 0. The molecular formula is C16H16O2. The van der Waals surface area contributed by atoms with E-state index in [1.807, 2.05) is 54.6 Å². The van der Waals surface area contributed by atoms with Crippen LogP contribution < -0.4 is 0 Å². The van der Waals surface area contributed by atoms with E-state index in [9.17, 15) is 0 Å². The molecule has 0 aromatic heterocycles. The Morgan fingerprint density at radius 1 is 1.06 bits per heavy atom. The zero-order valence-corrected chi connectivity index (χ0v) is 10.2. The van der Waals surface area contributed by atoms with Gasteiger partial charge < -0.3 is 9.47 Å².